The van der Waals surface area contributed by atoms with Crippen LogP contribution in [0.4, 0.5) is 11.4 Å². The van der Waals surface area contributed by atoms with Crippen LogP contribution >= 0.6 is 0 Å². The van der Waals surface area contributed by atoms with Gasteiger partial charge in [-0.05, 0) is 68.5 Å². The van der Waals surface area contributed by atoms with Crippen LogP contribution in [0.1, 0.15) is 38.9 Å². The molecular weight excluding hydrogens is 348 g/mol. The van der Waals surface area contributed by atoms with Gasteiger partial charge >= 0.3 is 0 Å². The van der Waals surface area contributed by atoms with Gasteiger partial charge in [-0.2, -0.15) is 0 Å². The Bertz CT molecular complexity index is 1170. The molecule has 0 heterocycles. The molecule has 0 fully saturated rings. The highest BCUT2D eigenvalue weighted by Crippen LogP contribution is 2.43. The molecule has 0 spiro atoms. The summed E-state index contributed by atoms with van der Waals surface area (Å²) in [5.74, 6) is 0. The van der Waals surface area contributed by atoms with Crippen molar-refractivity contribution in [2.24, 2.45) is 4.99 Å². The second-order valence-electron chi connectivity index (χ2n) is 7.70. The minimum Gasteiger partial charge on any atom is -0.258 e. The maximum absolute atomic E-state index is 11.5. The number of hydrogen-bond donors (Lipinski definition) is 0. The molecule has 0 unspecified atom stereocenters. The first-order valence-corrected chi connectivity index (χ1v) is 9.33. The number of aliphatic imine (C=N–C) groups is 1. The molecule has 28 heavy (non-hydrogen) atoms. The largest absolute Gasteiger partial charge is 0.270 e. The van der Waals surface area contributed by atoms with E-state index in [1.807, 2.05) is 6.92 Å². The molecule has 140 valence electrons. The minimum absolute atomic E-state index is 0.103. The maximum Gasteiger partial charge on any atom is 0.270 e. The van der Waals surface area contributed by atoms with Crippen molar-refractivity contribution < 1.29 is 4.92 Å². The lowest BCUT2D eigenvalue weighted by Crippen LogP contribution is -2.01. The Morgan fingerprint density at radius 2 is 1.43 bits per heavy atom. The first-order valence-electron chi connectivity index (χ1n) is 9.33. The van der Waals surface area contributed by atoms with Gasteiger partial charge in [0, 0.05) is 23.3 Å². The van der Waals surface area contributed by atoms with Gasteiger partial charge in [0.15, 0.2) is 0 Å². The van der Waals surface area contributed by atoms with Crippen LogP contribution in [0.3, 0.4) is 0 Å². The monoisotopic (exact) mass is 370 g/mol. The molecule has 0 amide bonds. The summed E-state index contributed by atoms with van der Waals surface area (Å²) in [6, 6.07) is 13.9. The molecule has 3 aromatic carbocycles. The SMILES string of the molecule is Cc1cc(C)c(N=C2c3cc(C)ccc3-c3c(C)cc([N+](=O)[O-])cc32)c(C)c1. The zero-order valence-corrected chi connectivity index (χ0v) is 16.8. The standard InChI is InChI=1S/C24H22N2O2/c1-13-6-7-19-20(10-13)24(25-23-16(4)8-14(2)9-17(23)5)21-12-18(26(27)28)11-15(3)22(19)21/h6-12H,1-5H3. The van der Waals surface area contributed by atoms with Gasteiger partial charge in [0.2, 0.25) is 0 Å². The van der Waals surface area contributed by atoms with Gasteiger partial charge in [0.25, 0.3) is 5.69 Å². The van der Waals surface area contributed by atoms with Crippen LogP contribution in [0.15, 0.2) is 47.5 Å². The van der Waals surface area contributed by atoms with Crippen molar-refractivity contribution in [1.82, 2.24) is 0 Å². The third kappa shape index (κ3) is 2.82. The van der Waals surface area contributed by atoms with E-state index in [4.69, 9.17) is 4.99 Å². The molecule has 1 aliphatic carbocycles. The van der Waals surface area contributed by atoms with Crippen molar-refractivity contribution in [2.75, 3.05) is 0 Å². The quantitative estimate of drug-likeness (QED) is 0.308. The molecule has 0 atom stereocenters. The molecule has 0 saturated carbocycles. The Morgan fingerprint density at radius 1 is 0.750 bits per heavy atom. The zero-order chi connectivity index (χ0) is 20.2. The van der Waals surface area contributed by atoms with E-state index in [9.17, 15) is 10.1 Å². The molecule has 0 N–H and O–H groups in total. The number of rotatable bonds is 2. The summed E-state index contributed by atoms with van der Waals surface area (Å²) in [7, 11) is 0. The van der Waals surface area contributed by atoms with Crippen molar-refractivity contribution in [3.63, 3.8) is 0 Å². The third-order valence-electron chi connectivity index (χ3n) is 5.34. The van der Waals surface area contributed by atoms with Crippen molar-refractivity contribution >= 4 is 17.1 Å². The maximum atomic E-state index is 11.5. The molecule has 0 bridgehead atoms. The number of non-ortho nitro benzene ring substituents is 1. The average molecular weight is 370 g/mol. The van der Waals surface area contributed by atoms with Gasteiger partial charge in [-0.15, -0.1) is 0 Å². The lowest BCUT2D eigenvalue weighted by atomic mass is 9.99. The Hall–Kier alpha value is -3.27. The topological polar surface area (TPSA) is 55.5 Å². The highest BCUT2D eigenvalue weighted by atomic mass is 16.6. The molecular formula is C24H22N2O2. The van der Waals surface area contributed by atoms with Crippen molar-refractivity contribution in [2.45, 2.75) is 34.6 Å². The van der Waals surface area contributed by atoms with Gasteiger partial charge in [-0.3, -0.25) is 10.1 Å². The number of fused-ring (bicyclic) bond motifs is 3. The summed E-state index contributed by atoms with van der Waals surface area (Å²) in [6.45, 7) is 10.2. The summed E-state index contributed by atoms with van der Waals surface area (Å²) >= 11 is 0. The number of nitrogens with zero attached hydrogens (tertiary/aromatic N) is 2. The fourth-order valence-corrected chi connectivity index (χ4v) is 4.22. The third-order valence-corrected chi connectivity index (χ3v) is 5.34. The highest BCUT2D eigenvalue weighted by molar-refractivity contribution is 6.26. The van der Waals surface area contributed by atoms with E-state index < -0.39 is 0 Å². The van der Waals surface area contributed by atoms with E-state index in [1.165, 1.54) is 5.56 Å². The Balaban J connectivity index is 2.06. The number of nitro groups is 1. The average Bonchev–Trinajstić information content (AvgIpc) is 2.91. The van der Waals surface area contributed by atoms with E-state index in [0.717, 1.165) is 55.9 Å². The van der Waals surface area contributed by atoms with Crippen molar-refractivity contribution in [3.05, 3.63) is 91.5 Å². The summed E-state index contributed by atoms with van der Waals surface area (Å²) in [5, 5.41) is 11.5. The normalized spacial score (nSPS) is 13.5. The zero-order valence-electron chi connectivity index (χ0n) is 16.8. The van der Waals surface area contributed by atoms with Gasteiger partial charge < -0.3 is 0 Å². The Morgan fingerprint density at radius 3 is 2.07 bits per heavy atom. The summed E-state index contributed by atoms with van der Waals surface area (Å²) in [6.07, 6.45) is 0. The van der Waals surface area contributed by atoms with E-state index in [0.29, 0.717) is 0 Å². The minimum atomic E-state index is -0.332. The molecule has 4 nitrogen and oxygen atoms in total. The number of hydrogen-bond acceptors (Lipinski definition) is 3. The molecule has 0 aliphatic heterocycles. The van der Waals surface area contributed by atoms with Crippen LogP contribution in [0.25, 0.3) is 11.1 Å². The Labute approximate surface area is 164 Å². The Kier molecular flexibility index (Phi) is 4.15. The van der Waals surface area contributed by atoms with Crippen molar-refractivity contribution in [3.8, 4) is 11.1 Å². The number of aryl methyl sites for hydroxylation is 5. The predicted octanol–water partition coefficient (Wildman–Crippen LogP) is 6.29. The number of nitro benzene ring substituents is 1. The fourth-order valence-electron chi connectivity index (χ4n) is 4.22. The highest BCUT2D eigenvalue weighted by Gasteiger charge is 2.29. The molecule has 4 heteroatoms. The fraction of sp³-hybridized carbons (Fsp3) is 0.208. The van der Waals surface area contributed by atoms with Crippen molar-refractivity contribution in [1.29, 1.82) is 0 Å². The summed E-state index contributed by atoms with van der Waals surface area (Å²) in [4.78, 5) is 16.2. The van der Waals surface area contributed by atoms with E-state index in [-0.39, 0.29) is 10.6 Å². The van der Waals surface area contributed by atoms with Gasteiger partial charge in [-0.25, -0.2) is 4.99 Å². The first-order chi connectivity index (χ1) is 13.3. The van der Waals surface area contributed by atoms with Gasteiger partial charge in [-0.1, -0.05) is 35.4 Å². The first kappa shape index (κ1) is 18.1. The van der Waals surface area contributed by atoms with Crippen LogP contribution in [0, 0.1) is 44.7 Å². The molecule has 0 aromatic heterocycles. The molecule has 0 saturated heterocycles. The molecule has 4 rings (SSSR count). The van der Waals surface area contributed by atoms with Crippen LogP contribution in [-0.2, 0) is 0 Å². The second kappa shape index (κ2) is 6.41. The summed E-state index contributed by atoms with van der Waals surface area (Å²) in [5.41, 5.74) is 11.3. The van der Waals surface area contributed by atoms with E-state index in [2.05, 4.69) is 58.0 Å². The number of benzene rings is 3. The molecule has 3 aromatic rings. The van der Waals surface area contributed by atoms with Crippen LogP contribution in [-0.4, -0.2) is 10.6 Å². The summed E-state index contributed by atoms with van der Waals surface area (Å²) < 4.78 is 0. The lowest BCUT2D eigenvalue weighted by molar-refractivity contribution is -0.384. The van der Waals surface area contributed by atoms with Gasteiger partial charge in [0.1, 0.15) is 0 Å². The van der Waals surface area contributed by atoms with E-state index in [1.54, 1.807) is 12.1 Å². The predicted molar refractivity (Wildman–Crippen MR) is 114 cm³/mol. The smallest absolute Gasteiger partial charge is 0.258 e. The van der Waals surface area contributed by atoms with Crippen LogP contribution < -0.4 is 0 Å². The van der Waals surface area contributed by atoms with E-state index >= 15 is 0 Å². The van der Waals surface area contributed by atoms with Gasteiger partial charge in [0.05, 0.1) is 16.3 Å². The molecule has 0 radical (unpaired) electrons. The molecule has 1 aliphatic rings. The lowest BCUT2D eigenvalue weighted by Gasteiger charge is -2.10. The van der Waals surface area contributed by atoms with Crippen LogP contribution in [0.5, 0.6) is 0 Å². The van der Waals surface area contributed by atoms with Crippen LogP contribution in [0.2, 0.25) is 0 Å². The second-order valence-corrected chi connectivity index (χ2v) is 7.70.